The van der Waals surface area contributed by atoms with Crippen molar-refractivity contribution in [1.82, 2.24) is 5.32 Å². The molecule has 0 amide bonds. The number of esters is 1. The van der Waals surface area contributed by atoms with Crippen molar-refractivity contribution in [2.24, 2.45) is 0 Å². The molecule has 0 bridgehead atoms. The van der Waals surface area contributed by atoms with Crippen molar-refractivity contribution in [3.63, 3.8) is 0 Å². The van der Waals surface area contributed by atoms with E-state index in [0.29, 0.717) is 35.6 Å². The van der Waals surface area contributed by atoms with Crippen LogP contribution in [0.4, 0.5) is 5.69 Å². The number of ketones is 1. The van der Waals surface area contributed by atoms with Crippen LogP contribution < -0.4 is 10.2 Å². The Labute approximate surface area is 206 Å². The lowest BCUT2D eigenvalue weighted by Crippen LogP contribution is -2.36. The summed E-state index contributed by atoms with van der Waals surface area (Å²) in [5, 5.41) is 4.08. The lowest BCUT2D eigenvalue weighted by Gasteiger charge is -2.36. The number of nitrogens with one attached hydrogen (secondary N) is 1. The molecule has 1 aliphatic carbocycles. The maximum Gasteiger partial charge on any atom is 0.336 e. The zero-order chi connectivity index (χ0) is 24.4. The molecule has 1 aliphatic heterocycles. The first-order valence-corrected chi connectivity index (χ1v) is 12.1. The van der Waals surface area contributed by atoms with Crippen LogP contribution in [-0.2, 0) is 14.3 Å². The highest BCUT2D eigenvalue weighted by Gasteiger charge is 2.41. The number of Topliss-reactive ketones (excluding diaryl/α,β-unsaturated/α-hetero) is 1. The van der Waals surface area contributed by atoms with Crippen LogP contribution in [-0.4, -0.2) is 32.5 Å². The molecule has 0 saturated carbocycles. The molecule has 0 spiro atoms. The van der Waals surface area contributed by atoms with Gasteiger partial charge in [-0.2, -0.15) is 0 Å². The van der Waals surface area contributed by atoms with E-state index < -0.39 is 5.92 Å². The topological polar surface area (TPSA) is 58.6 Å². The van der Waals surface area contributed by atoms with E-state index >= 15 is 0 Å². The highest BCUT2D eigenvalue weighted by molar-refractivity contribution is 6.30. The molecule has 5 nitrogen and oxygen atoms in total. The molecule has 0 unspecified atom stereocenters. The number of hydrogen-bond acceptors (Lipinski definition) is 5. The molecule has 0 saturated heterocycles. The summed E-state index contributed by atoms with van der Waals surface area (Å²) < 4.78 is 5.54. The monoisotopic (exact) mass is 478 g/mol. The maximum atomic E-state index is 13.6. The minimum Gasteiger partial charge on any atom is -0.462 e. The molecule has 0 aromatic heterocycles. The molecule has 0 fully saturated rings. The molecular formula is C28H31ClN2O3. The van der Waals surface area contributed by atoms with Crippen molar-refractivity contribution in [3.05, 3.63) is 87.2 Å². The molecule has 2 atom stereocenters. The molecule has 2 aromatic carbocycles. The largest absolute Gasteiger partial charge is 0.462 e. The normalized spacial score (nSPS) is 20.1. The van der Waals surface area contributed by atoms with Gasteiger partial charge in [0.2, 0.25) is 0 Å². The van der Waals surface area contributed by atoms with E-state index in [-0.39, 0.29) is 17.7 Å². The number of carbonyl (C=O) groups is 2. The maximum absolute atomic E-state index is 13.6. The van der Waals surface area contributed by atoms with Gasteiger partial charge in [-0.25, -0.2) is 4.79 Å². The fourth-order valence-corrected chi connectivity index (χ4v) is 4.98. The number of allylic oxidation sites excluding steroid dienone is 3. The number of hydrogen-bond donors (Lipinski definition) is 1. The lowest BCUT2D eigenvalue weighted by molar-refractivity contribution is -0.139. The first-order valence-electron chi connectivity index (χ1n) is 11.7. The van der Waals surface area contributed by atoms with Crippen molar-refractivity contribution in [3.8, 4) is 0 Å². The number of nitrogens with zero attached hydrogens (tertiary/aromatic N) is 1. The molecule has 1 heterocycles. The Morgan fingerprint density at radius 3 is 2.32 bits per heavy atom. The first kappa shape index (κ1) is 24.1. The van der Waals surface area contributed by atoms with E-state index in [4.69, 9.17) is 16.3 Å². The van der Waals surface area contributed by atoms with E-state index in [1.165, 1.54) is 0 Å². The van der Waals surface area contributed by atoms with Crippen LogP contribution in [0.1, 0.15) is 56.1 Å². The molecule has 2 aliphatic rings. The molecule has 178 valence electrons. The van der Waals surface area contributed by atoms with Gasteiger partial charge >= 0.3 is 5.97 Å². The van der Waals surface area contributed by atoms with Crippen molar-refractivity contribution in [2.75, 3.05) is 25.6 Å². The number of dihydropyridines is 1. The molecule has 6 heteroatoms. The summed E-state index contributed by atoms with van der Waals surface area (Å²) in [5.74, 6) is -0.693. The van der Waals surface area contributed by atoms with Crippen LogP contribution in [0, 0.1) is 0 Å². The highest BCUT2D eigenvalue weighted by atomic mass is 35.5. The van der Waals surface area contributed by atoms with Crippen molar-refractivity contribution >= 4 is 29.0 Å². The Bertz CT molecular complexity index is 1150. The summed E-state index contributed by atoms with van der Waals surface area (Å²) in [5.41, 5.74) is 5.89. The van der Waals surface area contributed by atoms with Gasteiger partial charge in [0.05, 0.1) is 12.2 Å². The summed E-state index contributed by atoms with van der Waals surface area (Å²) in [6.07, 6.45) is 1.83. The SMILES string of the molecule is CCCOC(=O)C1=C(C)NC2=C(C(=O)C[C@H](c3ccc(Cl)cc3)C2)[C@H]1c1ccc(N(C)C)cc1. The summed E-state index contributed by atoms with van der Waals surface area (Å²) in [6.45, 7) is 4.21. The average Bonchev–Trinajstić information content (AvgIpc) is 2.82. The van der Waals surface area contributed by atoms with Crippen LogP contribution in [0.15, 0.2) is 71.1 Å². The average molecular weight is 479 g/mol. The Hall–Kier alpha value is -3.05. The van der Waals surface area contributed by atoms with E-state index in [0.717, 1.165) is 34.6 Å². The first-order chi connectivity index (χ1) is 16.3. The predicted octanol–water partition coefficient (Wildman–Crippen LogP) is 5.72. The lowest BCUT2D eigenvalue weighted by atomic mass is 9.71. The third kappa shape index (κ3) is 4.76. The molecule has 4 rings (SSSR count). The van der Waals surface area contributed by atoms with Gasteiger partial charge in [-0.15, -0.1) is 0 Å². The fraction of sp³-hybridized carbons (Fsp3) is 0.357. The van der Waals surface area contributed by atoms with Gasteiger partial charge in [0.1, 0.15) is 0 Å². The van der Waals surface area contributed by atoms with Gasteiger partial charge in [0.15, 0.2) is 5.78 Å². The molecular weight excluding hydrogens is 448 g/mol. The van der Waals surface area contributed by atoms with Crippen molar-refractivity contribution in [1.29, 1.82) is 0 Å². The Morgan fingerprint density at radius 1 is 1.06 bits per heavy atom. The van der Waals surface area contributed by atoms with Gasteiger partial charge in [-0.3, -0.25) is 4.79 Å². The highest BCUT2D eigenvalue weighted by Crippen LogP contribution is 2.46. The smallest absolute Gasteiger partial charge is 0.336 e. The summed E-state index contributed by atoms with van der Waals surface area (Å²) in [4.78, 5) is 28.8. The van der Waals surface area contributed by atoms with Crippen LogP contribution in [0.3, 0.4) is 0 Å². The number of rotatable bonds is 6. The standard InChI is InChI=1S/C28H31ClN2O3/c1-5-14-34-28(33)25-17(2)30-23-15-20(18-6-10-21(29)11-7-18)16-24(32)27(23)26(25)19-8-12-22(13-9-19)31(3)4/h6-13,20,26,30H,5,14-16H2,1-4H3/t20-,26+/m1/s1. The van der Waals surface area contributed by atoms with Gasteiger partial charge in [-0.1, -0.05) is 42.8 Å². The van der Waals surface area contributed by atoms with Gasteiger partial charge in [0.25, 0.3) is 0 Å². The van der Waals surface area contributed by atoms with Crippen molar-refractivity contribution in [2.45, 2.75) is 44.9 Å². The van der Waals surface area contributed by atoms with Gasteiger partial charge in [0, 0.05) is 54.1 Å². The summed E-state index contributed by atoms with van der Waals surface area (Å²) in [7, 11) is 3.97. The molecule has 0 radical (unpaired) electrons. The zero-order valence-corrected chi connectivity index (χ0v) is 20.9. The molecule has 34 heavy (non-hydrogen) atoms. The van der Waals surface area contributed by atoms with Crippen molar-refractivity contribution < 1.29 is 14.3 Å². The second-order valence-corrected chi connectivity index (χ2v) is 9.63. The van der Waals surface area contributed by atoms with Gasteiger partial charge < -0.3 is 15.0 Å². The number of benzene rings is 2. The van der Waals surface area contributed by atoms with Crippen LogP contribution in [0.5, 0.6) is 0 Å². The summed E-state index contributed by atoms with van der Waals surface area (Å²) >= 11 is 6.07. The molecule has 2 aromatic rings. The number of ether oxygens (including phenoxy) is 1. The molecule has 1 N–H and O–H groups in total. The van der Waals surface area contributed by atoms with Crippen LogP contribution in [0.25, 0.3) is 0 Å². The Morgan fingerprint density at radius 2 is 1.71 bits per heavy atom. The minimum absolute atomic E-state index is 0.0590. The second-order valence-electron chi connectivity index (χ2n) is 9.19. The van der Waals surface area contributed by atoms with Gasteiger partial charge in [-0.05, 0) is 61.1 Å². The van der Waals surface area contributed by atoms with E-state index in [2.05, 4.69) is 5.32 Å². The zero-order valence-electron chi connectivity index (χ0n) is 20.2. The third-order valence-corrected chi connectivity index (χ3v) is 6.82. The predicted molar refractivity (Wildman–Crippen MR) is 136 cm³/mol. The van der Waals surface area contributed by atoms with Crippen LogP contribution in [0.2, 0.25) is 5.02 Å². The van der Waals surface area contributed by atoms with E-state index in [9.17, 15) is 9.59 Å². The van der Waals surface area contributed by atoms with Crippen LogP contribution >= 0.6 is 11.6 Å². The Balaban J connectivity index is 1.76. The number of carbonyl (C=O) groups excluding carboxylic acids is 2. The third-order valence-electron chi connectivity index (χ3n) is 6.57. The fourth-order valence-electron chi connectivity index (χ4n) is 4.85. The second kappa shape index (κ2) is 10.1. The van der Waals surface area contributed by atoms with E-state index in [1.54, 1.807) is 0 Å². The van der Waals surface area contributed by atoms with E-state index in [1.807, 2.05) is 81.4 Å². The quantitative estimate of drug-likeness (QED) is 0.538. The number of halogens is 1. The summed E-state index contributed by atoms with van der Waals surface area (Å²) in [6, 6.07) is 15.8. The minimum atomic E-state index is -0.449. The Kier molecular flexibility index (Phi) is 7.13. The number of anilines is 1.